The molecule has 0 radical (unpaired) electrons. The van der Waals surface area contributed by atoms with Gasteiger partial charge in [0.2, 0.25) is 5.91 Å². The van der Waals surface area contributed by atoms with Gasteiger partial charge < -0.3 is 14.8 Å². The van der Waals surface area contributed by atoms with Crippen molar-refractivity contribution in [1.82, 2.24) is 4.98 Å². The molecular formula is C21H16ClFN2O3. The third-order valence-corrected chi connectivity index (χ3v) is 3.90. The summed E-state index contributed by atoms with van der Waals surface area (Å²) in [7, 11) is 1.49. The SMILES string of the molecule is COc1ccc(Cl)cc1NC(=O)/C=C/c1ccc(Oc2cccnc2)c(F)c1. The second-order valence-corrected chi connectivity index (χ2v) is 6.08. The minimum absolute atomic E-state index is 0.0678. The van der Waals surface area contributed by atoms with Crippen LogP contribution in [0.3, 0.4) is 0 Å². The number of carbonyl (C=O) groups excluding carboxylic acids is 1. The summed E-state index contributed by atoms with van der Waals surface area (Å²) in [6.07, 6.45) is 5.86. The normalized spacial score (nSPS) is 10.7. The lowest BCUT2D eigenvalue weighted by atomic mass is 10.2. The summed E-state index contributed by atoms with van der Waals surface area (Å²) in [5, 5.41) is 3.13. The van der Waals surface area contributed by atoms with Gasteiger partial charge in [0.15, 0.2) is 11.6 Å². The van der Waals surface area contributed by atoms with E-state index >= 15 is 0 Å². The highest BCUT2D eigenvalue weighted by Gasteiger charge is 2.08. The van der Waals surface area contributed by atoms with Gasteiger partial charge in [-0.15, -0.1) is 0 Å². The van der Waals surface area contributed by atoms with Crippen molar-refractivity contribution in [2.24, 2.45) is 0 Å². The zero-order valence-electron chi connectivity index (χ0n) is 14.9. The summed E-state index contributed by atoms with van der Waals surface area (Å²) in [5.41, 5.74) is 0.945. The van der Waals surface area contributed by atoms with E-state index in [0.717, 1.165) is 0 Å². The average molecular weight is 399 g/mol. The number of halogens is 2. The summed E-state index contributed by atoms with van der Waals surface area (Å²) in [6, 6.07) is 12.7. The zero-order chi connectivity index (χ0) is 19.9. The molecule has 0 aliphatic rings. The van der Waals surface area contributed by atoms with Crippen LogP contribution in [0.2, 0.25) is 5.02 Å². The van der Waals surface area contributed by atoms with E-state index in [2.05, 4.69) is 10.3 Å². The number of aromatic nitrogens is 1. The van der Waals surface area contributed by atoms with Gasteiger partial charge in [-0.05, 0) is 54.1 Å². The third-order valence-electron chi connectivity index (χ3n) is 3.66. The molecule has 1 aromatic heterocycles. The number of hydrogen-bond acceptors (Lipinski definition) is 4. The molecule has 0 saturated carbocycles. The van der Waals surface area contributed by atoms with Gasteiger partial charge in [0, 0.05) is 17.3 Å². The first-order chi connectivity index (χ1) is 13.5. The number of carbonyl (C=O) groups is 1. The maximum atomic E-state index is 14.2. The van der Waals surface area contributed by atoms with Crippen LogP contribution in [-0.4, -0.2) is 18.0 Å². The van der Waals surface area contributed by atoms with Crippen molar-refractivity contribution in [3.05, 3.63) is 83.4 Å². The zero-order valence-corrected chi connectivity index (χ0v) is 15.6. The average Bonchev–Trinajstić information content (AvgIpc) is 2.69. The maximum Gasteiger partial charge on any atom is 0.248 e. The highest BCUT2D eigenvalue weighted by molar-refractivity contribution is 6.31. The van der Waals surface area contributed by atoms with Crippen LogP contribution in [0, 0.1) is 5.82 Å². The van der Waals surface area contributed by atoms with Gasteiger partial charge in [0.1, 0.15) is 11.5 Å². The van der Waals surface area contributed by atoms with Crippen LogP contribution in [0.4, 0.5) is 10.1 Å². The molecule has 0 aliphatic carbocycles. The van der Waals surface area contributed by atoms with Crippen molar-refractivity contribution in [2.45, 2.75) is 0 Å². The monoisotopic (exact) mass is 398 g/mol. The molecule has 3 aromatic rings. The lowest BCUT2D eigenvalue weighted by molar-refractivity contribution is -0.111. The highest BCUT2D eigenvalue weighted by Crippen LogP contribution is 2.28. The standard InChI is InChI=1S/C21H16ClFN2O3/c1-27-20-8-6-15(22)12-18(20)25-21(26)9-5-14-4-7-19(17(23)11-14)28-16-3-2-10-24-13-16/h2-13H,1H3,(H,25,26)/b9-5+. The first-order valence-electron chi connectivity index (χ1n) is 8.25. The quantitative estimate of drug-likeness (QED) is 0.570. The molecule has 0 bridgehead atoms. The Morgan fingerprint density at radius 1 is 1.18 bits per heavy atom. The molecule has 1 N–H and O–H groups in total. The van der Waals surface area contributed by atoms with Crippen LogP contribution in [-0.2, 0) is 4.79 Å². The molecule has 5 nitrogen and oxygen atoms in total. The lowest BCUT2D eigenvalue weighted by Gasteiger charge is -2.09. The first-order valence-corrected chi connectivity index (χ1v) is 8.63. The largest absolute Gasteiger partial charge is 0.495 e. The van der Waals surface area contributed by atoms with E-state index < -0.39 is 11.7 Å². The second-order valence-electron chi connectivity index (χ2n) is 5.65. The van der Waals surface area contributed by atoms with Crippen molar-refractivity contribution in [3.8, 4) is 17.2 Å². The Morgan fingerprint density at radius 3 is 2.71 bits per heavy atom. The van der Waals surface area contributed by atoms with Crippen LogP contribution in [0.25, 0.3) is 6.08 Å². The van der Waals surface area contributed by atoms with Gasteiger partial charge in [0.25, 0.3) is 0 Å². The Bertz CT molecular complexity index is 1010. The molecule has 28 heavy (non-hydrogen) atoms. The number of rotatable bonds is 6. The molecule has 2 aromatic carbocycles. The van der Waals surface area contributed by atoms with E-state index in [1.165, 1.54) is 37.6 Å². The summed E-state index contributed by atoms with van der Waals surface area (Å²) in [4.78, 5) is 16.0. The molecule has 0 atom stereocenters. The Morgan fingerprint density at radius 2 is 2.00 bits per heavy atom. The summed E-state index contributed by atoms with van der Waals surface area (Å²) >= 11 is 5.94. The minimum atomic E-state index is -0.553. The maximum absolute atomic E-state index is 14.2. The van der Waals surface area contributed by atoms with Gasteiger partial charge in [-0.1, -0.05) is 17.7 Å². The number of nitrogens with one attached hydrogen (secondary N) is 1. The number of benzene rings is 2. The van der Waals surface area contributed by atoms with Gasteiger partial charge >= 0.3 is 0 Å². The Kier molecular flexibility index (Phi) is 6.24. The molecule has 1 amide bonds. The lowest BCUT2D eigenvalue weighted by Crippen LogP contribution is -2.08. The predicted octanol–water partition coefficient (Wildman–Crippen LogP) is 5.33. The fraction of sp³-hybridized carbons (Fsp3) is 0.0476. The van der Waals surface area contributed by atoms with Crippen LogP contribution < -0.4 is 14.8 Å². The van der Waals surface area contributed by atoms with E-state index in [9.17, 15) is 9.18 Å². The molecule has 0 saturated heterocycles. The molecular weight excluding hydrogens is 383 g/mol. The highest BCUT2D eigenvalue weighted by atomic mass is 35.5. The molecule has 0 fully saturated rings. The Hall–Kier alpha value is -3.38. The van der Waals surface area contributed by atoms with Crippen molar-refractivity contribution in [2.75, 3.05) is 12.4 Å². The molecule has 0 aliphatic heterocycles. The van der Waals surface area contributed by atoms with Crippen molar-refractivity contribution >= 4 is 29.3 Å². The van der Waals surface area contributed by atoms with E-state index in [0.29, 0.717) is 27.8 Å². The van der Waals surface area contributed by atoms with Gasteiger partial charge in [0.05, 0.1) is 19.0 Å². The number of hydrogen-bond donors (Lipinski definition) is 1. The minimum Gasteiger partial charge on any atom is -0.495 e. The fourth-order valence-electron chi connectivity index (χ4n) is 2.36. The van der Waals surface area contributed by atoms with Crippen LogP contribution in [0.5, 0.6) is 17.2 Å². The Labute approximate surface area is 166 Å². The van der Waals surface area contributed by atoms with Gasteiger partial charge in [-0.3, -0.25) is 9.78 Å². The van der Waals surface area contributed by atoms with Crippen LogP contribution >= 0.6 is 11.6 Å². The fourth-order valence-corrected chi connectivity index (χ4v) is 2.53. The molecule has 3 rings (SSSR count). The number of nitrogens with zero attached hydrogens (tertiary/aromatic N) is 1. The first kappa shape index (κ1) is 19.4. The third kappa shape index (κ3) is 5.08. The number of pyridine rings is 1. The van der Waals surface area contributed by atoms with E-state index in [-0.39, 0.29) is 5.75 Å². The van der Waals surface area contributed by atoms with Crippen LogP contribution in [0.1, 0.15) is 5.56 Å². The summed E-state index contributed by atoms with van der Waals surface area (Å²) in [6.45, 7) is 0. The van der Waals surface area contributed by atoms with E-state index in [1.54, 1.807) is 42.6 Å². The number of amides is 1. The van der Waals surface area contributed by atoms with Crippen molar-refractivity contribution in [3.63, 3.8) is 0 Å². The van der Waals surface area contributed by atoms with Gasteiger partial charge in [-0.2, -0.15) is 0 Å². The molecule has 142 valence electrons. The van der Waals surface area contributed by atoms with E-state index in [1.807, 2.05) is 0 Å². The second kappa shape index (κ2) is 9.01. The molecule has 1 heterocycles. The molecule has 0 unspecified atom stereocenters. The topological polar surface area (TPSA) is 60.5 Å². The smallest absolute Gasteiger partial charge is 0.248 e. The summed E-state index contributed by atoms with van der Waals surface area (Å²) < 4.78 is 24.9. The molecule has 0 spiro atoms. The number of ether oxygens (including phenoxy) is 2. The predicted molar refractivity (Wildman–Crippen MR) is 106 cm³/mol. The summed E-state index contributed by atoms with van der Waals surface area (Å²) in [5.74, 6) is 0.0199. The van der Waals surface area contributed by atoms with Crippen molar-refractivity contribution < 1.29 is 18.7 Å². The van der Waals surface area contributed by atoms with Crippen molar-refractivity contribution in [1.29, 1.82) is 0 Å². The molecule has 7 heteroatoms. The van der Waals surface area contributed by atoms with Gasteiger partial charge in [-0.25, -0.2) is 4.39 Å². The number of anilines is 1. The Balaban J connectivity index is 1.68. The van der Waals surface area contributed by atoms with Crippen LogP contribution in [0.15, 0.2) is 67.0 Å². The van der Waals surface area contributed by atoms with E-state index in [4.69, 9.17) is 21.1 Å². The number of methoxy groups -OCH3 is 1.